The summed E-state index contributed by atoms with van der Waals surface area (Å²) in [6, 6.07) is 11.4. The van der Waals surface area contributed by atoms with Gasteiger partial charge in [0.05, 0.1) is 0 Å². The first-order valence-electron chi connectivity index (χ1n) is 5.95. The summed E-state index contributed by atoms with van der Waals surface area (Å²) in [4.78, 5) is 2.50. The Hall–Kier alpha value is -0.820. The van der Waals surface area contributed by atoms with Gasteiger partial charge in [-0.3, -0.25) is 0 Å². The normalized spacial score (nSPS) is 22.9. The molecule has 1 aromatic carbocycles. The van der Waals surface area contributed by atoms with Gasteiger partial charge in [0, 0.05) is 6.04 Å². The van der Waals surface area contributed by atoms with E-state index in [-0.39, 0.29) is 0 Å². The van der Waals surface area contributed by atoms with Crippen LogP contribution in [0.25, 0.3) is 0 Å². The molecule has 0 bridgehead atoms. The fourth-order valence-electron chi connectivity index (χ4n) is 2.30. The van der Waals surface area contributed by atoms with Crippen molar-refractivity contribution < 1.29 is 0 Å². The molecule has 1 radical (unpaired) electrons. The van der Waals surface area contributed by atoms with E-state index in [4.69, 9.17) is 0 Å². The Bertz CT molecular complexity index is 281. The highest BCUT2D eigenvalue weighted by atomic mass is 15.1. The third kappa shape index (κ3) is 3.07. The van der Waals surface area contributed by atoms with Crippen LogP contribution in [0.1, 0.15) is 31.2 Å². The minimum Gasteiger partial charge on any atom is -0.303 e. The summed E-state index contributed by atoms with van der Waals surface area (Å²) < 4.78 is 0. The SMILES string of the molecule is CN1CCCCC1C[CH]c1ccccc1. The largest absolute Gasteiger partial charge is 0.303 e. The first kappa shape index (κ1) is 10.7. The zero-order chi connectivity index (χ0) is 10.5. The Morgan fingerprint density at radius 3 is 2.80 bits per heavy atom. The van der Waals surface area contributed by atoms with Crippen LogP contribution in [0.15, 0.2) is 30.3 Å². The summed E-state index contributed by atoms with van der Waals surface area (Å²) in [5.41, 5.74) is 1.36. The number of likely N-dealkylation sites (tertiary alicyclic amines) is 1. The molecule has 1 atom stereocenters. The maximum atomic E-state index is 2.50. The quantitative estimate of drug-likeness (QED) is 0.728. The fraction of sp³-hybridized carbons (Fsp3) is 0.500. The van der Waals surface area contributed by atoms with Crippen LogP contribution in [0.4, 0.5) is 0 Å². The number of nitrogens with zero attached hydrogens (tertiary/aromatic N) is 1. The Morgan fingerprint density at radius 1 is 1.27 bits per heavy atom. The van der Waals surface area contributed by atoms with Crippen LogP contribution in [-0.4, -0.2) is 24.5 Å². The highest BCUT2D eigenvalue weighted by Crippen LogP contribution is 2.20. The van der Waals surface area contributed by atoms with Gasteiger partial charge in [-0.2, -0.15) is 0 Å². The molecule has 1 aliphatic heterocycles. The van der Waals surface area contributed by atoms with Crippen molar-refractivity contribution in [2.24, 2.45) is 0 Å². The molecule has 1 aromatic rings. The van der Waals surface area contributed by atoms with Gasteiger partial charge in [-0.25, -0.2) is 0 Å². The van der Waals surface area contributed by atoms with Crippen LogP contribution < -0.4 is 0 Å². The Labute approximate surface area is 93.1 Å². The molecular weight excluding hydrogens is 182 g/mol. The summed E-state index contributed by atoms with van der Waals surface area (Å²) in [6.45, 7) is 1.27. The first-order valence-corrected chi connectivity index (χ1v) is 5.95. The molecule has 0 aromatic heterocycles. The van der Waals surface area contributed by atoms with Gasteiger partial charge in [0.1, 0.15) is 0 Å². The average molecular weight is 202 g/mol. The van der Waals surface area contributed by atoms with E-state index >= 15 is 0 Å². The summed E-state index contributed by atoms with van der Waals surface area (Å²) >= 11 is 0. The Balaban J connectivity index is 1.82. The molecule has 1 unspecified atom stereocenters. The van der Waals surface area contributed by atoms with E-state index in [1.54, 1.807) is 0 Å². The van der Waals surface area contributed by atoms with Gasteiger partial charge < -0.3 is 4.90 Å². The van der Waals surface area contributed by atoms with Crippen molar-refractivity contribution in [3.05, 3.63) is 42.3 Å². The van der Waals surface area contributed by atoms with E-state index in [1.807, 2.05) is 0 Å². The van der Waals surface area contributed by atoms with Crippen LogP contribution in [0.5, 0.6) is 0 Å². The molecule has 1 saturated heterocycles. The van der Waals surface area contributed by atoms with Crippen molar-refractivity contribution in [1.29, 1.82) is 0 Å². The van der Waals surface area contributed by atoms with E-state index in [0.29, 0.717) is 0 Å². The lowest BCUT2D eigenvalue weighted by atomic mass is 9.96. The van der Waals surface area contributed by atoms with Gasteiger partial charge in [-0.1, -0.05) is 36.8 Å². The van der Waals surface area contributed by atoms with Crippen LogP contribution in [-0.2, 0) is 0 Å². The van der Waals surface area contributed by atoms with E-state index in [0.717, 1.165) is 6.04 Å². The molecule has 1 heterocycles. The summed E-state index contributed by atoms with van der Waals surface area (Å²) in [5.74, 6) is 0. The van der Waals surface area contributed by atoms with Gasteiger partial charge in [0.15, 0.2) is 0 Å². The average Bonchev–Trinajstić information content (AvgIpc) is 2.29. The summed E-state index contributed by atoms with van der Waals surface area (Å²) in [6.07, 6.45) is 7.70. The van der Waals surface area contributed by atoms with Crippen LogP contribution in [0, 0.1) is 6.42 Å². The van der Waals surface area contributed by atoms with Gasteiger partial charge in [-0.05, 0) is 44.8 Å². The molecule has 0 amide bonds. The fourth-order valence-corrected chi connectivity index (χ4v) is 2.30. The van der Waals surface area contributed by atoms with Crippen molar-refractivity contribution >= 4 is 0 Å². The van der Waals surface area contributed by atoms with E-state index in [1.165, 1.54) is 37.8 Å². The molecule has 0 saturated carbocycles. The third-order valence-corrected chi connectivity index (χ3v) is 3.35. The molecule has 0 spiro atoms. The molecule has 0 N–H and O–H groups in total. The second kappa shape index (κ2) is 5.32. The topological polar surface area (TPSA) is 3.24 Å². The van der Waals surface area contributed by atoms with Crippen molar-refractivity contribution in [3.63, 3.8) is 0 Å². The summed E-state index contributed by atoms with van der Waals surface area (Å²) in [5, 5.41) is 0. The number of benzene rings is 1. The summed E-state index contributed by atoms with van der Waals surface area (Å²) in [7, 11) is 2.25. The lowest BCUT2D eigenvalue weighted by molar-refractivity contribution is 0.184. The molecule has 81 valence electrons. The Kier molecular flexibility index (Phi) is 3.79. The highest BCUT2D eigenvalue weighted by Gasteiger charge is 2.18. The number of rotatable bonds is 3. The van der Waals surface area contributed by atoms with Crippen LogP contribution >= 0.6 is 0 Å². The number of hydrogen-bond acceptors (Lipinski definition) is 1. The van der Waals surface area contributed by atoms with Crippen molar-refractivity contribution in [3.8, 4) is 0 Å². The van der Waals surface area contributed by atoms with Crippen LogP contribution in [0.2, 0.25) is 0 Å². The zero-order valence-electron chi connectivity index (χ0n) is 9.52. The minimum atomic E-state index is 0.763. The molecule has 15 heavy (non-hydrogen) atoms. The standard InChI is InChI=1S/C14H20N/c1-15-12-6-5-9-14(15)11-10-13-7-3-2-4-8-13/h2-4,7-8,10,14H,5-6,9,11-12H2,1H3. The first-order chi connectivity index (χ1) is 7.36. The highest BCUT2D eigenvalue weighted by molar-refractivity contribution is 5.22. The maximum absolute atomic E-state index is 2.50. The monoisotopic (exact) mass is 202 g/mol. The van der Waals surface area contributed by atoms with Gasteiger partial charge >= 0.3 is 0 Å². The lowest BCUT2D eigenvalue weighted by Gasteiger charge is -2.32. The van der Waals surface area contributed by atoms with Crippen LogP contribution in [0.3, 0.4) is 0 Å². The number of hydrogen-bond donors (Lipinski definition) is 0. The van der Waals surface area contributed by atoms with Gasteiger partial charge in [-0.15, -0.1) is 0 Å². The van der Waals surface area contributed by atoms with Crippen molar-refractivity contribution in [1.82, 2.24) is 4.90 Å². The molecule has 0 aliphatic carbocycles. The molecule has 1 nitrogen and oxygen atoms in total. The molecule has 1 aliphatic rings. The second-order valence-electron chi connectivity index (χ2n) is 4.48. The molecular formula is C14H20N. The second-order valence-corrected chi connectivity index (χ2v) is 4.48. The smallest absolute Gasteiger partial charge is 0.00982 e. The van der Waals surface area contributed by atoms with E-state index < -0.39 is 0 Å². The third-order valence-electron chi connectivity index (χ3n) is 3.35. The van der Waals surface area contributed by atoms with Gasteiger partial charge in [0.25, 0.3) is 0 Å². The van der Waals surface area contributed by atoms with E-state index in [9.17, 15) is 0 Å². The molecule has 2 rings (SSSR count). The van der Waals surface area contributed by atoms with Crippen molar-refractivity contribution in [2.75, 3.05) is 13.6 Å². The predicted molar refractivity (Wildman–Crippen MR) is 64.7 cm³/mol. The molecule has 1 heteroatoms. The van der Waals surface area contributed by atoms with Crippen molar-refractivity contribution in [2.45, 2.75) is 31.7 Å². The minimum absolute atomic E-state index is 0.763. The lowest BCUT2D eigenvalue weighted by Crippen LogP contribution is -2.36. The predicted octanol–water partition coefficient (Wildman–Crippen LogP) is 3.11. The van der Waals surface area contributed by atoms with Gasteiger partial charge in [0.2, 0.25) is 0 Å². The van der Waals surface area contributed by atoms with E-state index in [2.05, 4.69) is 48.7 Å². The maximum Gasteiger partial charge on any atom is 0.00982 e. The molecule has 1 fully saturated rings. The Morgan fingerprint density at radius 2 is 2.07 bits per heavy atom. The number of piperidine rings is 1. The zero-order valence-corrected chi connectivity index (χ0v) is 9.52.